The molecule has 3 aliphatic heterocycles. The van der Waals surface area contributed by atoms with Gasteiger partial charge in [-0.15, -0.1) is 0 Å². The summed E-state index contributed by atoms with van der Waals surface area (Å²) in [6.07, 6.45) is -0.920. The Labute approximate surface area is 148 Å². The van der Waals surface area contributed by atoms with Crippen LogP contribution >= 0.6 is 0 Å². The van der Waals surface area contributed by atoms with Crippen molar-refractivity contribution < 1.29 is 24.0 Å². The first-order chi connectivity index (χ1) is 12.6. The molecule has 134 valence electrons. The van der Waals surface area contributed by atoms with Crippen molar-refractivity contribution in [3.8, 4) is 17.2 Å². The molecule has 5 rings (SSSR count). The van der Waals surface area contributed by atoms with E-state index < -0.39 is 17.7 Å². The Morgan fingerprint density at radius 3 is 2.81 bits per heavy atom. The molecule has 3 atom stereocenters. The number of hydroxylamine groups is 2. The van der Waals surface area contributed by atoms with E-state index in [2.05, 4.69) is 0 Å². The van der Waals surface area contributed by atoms with Crippen LogP contribution in [-0.2, 0) is 4.84 Å². The summed E-state index contributed by atoms with van der Waals surface area (Å²) in [5.74, 6) is 1.34. The zero-order valence-electron chi connectivity index (χ0n) is 14.0. The molecule has 0 spiro atoms. The third-order valence-corrected chi connectivity index (χ3v) is 5.14. The van der Waals surface area contributed by atoms with Crippen molar-refractivity contribution in [1.82, 2.24) is 5.06 Å². The first-order valence-electron chi connectivity index (χ1n) is 8.29. The molecule has 0 radical (unpaired) electrons. The fourth-order valence-corrected chi connectivity index (χ4v) is 4.02. The largest absolute Gasteiger partial charge is 0.475 e. The normalized spacial score (nSPS) is 29.0. The fourth-order valence-electron chi connectivity index (χ4n) is 4.02. The summed E-state index contributed by atoms with van der Waals surface area (Å²) in [5, 5.41) is 13.8. The average molecular weight is 356 g/mol. The SMILES string of the molecule is CN1CC2c3ccccc3OC(c3ccc4c(c3)OCO4)C2([N+](=O)[O-])O1. The molecule has 8 nitrogen and oxygen atoms in total. The molecule has 2 aromatic carbocycles. The van der Waals surface area contributed by atoms with Crippen LogP contribution in [-0.4, -0.2) is 36.1 Å². The predicted molar refractivity (Wildman–Crippen MR) is 88.6 cm³/mol. The summed E-state index contributed by atoms with van der Waals surface area (Å²) in [5.41, 5.74) is -0.345. The number of nitrogens with zero attached hydrogens (tertiary/aromatic N) is 2. The highest BCUT2D eigenvalue weighted by atomic mass is 16.8. The molecule has 2 aromatic rings. The lowest BCUT2D eigenvalue weighted by atomic mass is 9.80. The fraction of sp³-hybridized carbons (Fsp3) is 0.333. The Morgan fingerprint density at radius 2 is 1.96 bits per heavy atom. The van der Waals surface area contributed by atoms with Gasteiger partial charge in [0, 0.05) is 24.7 Å². The first-order valence-corrected chi connectivity index (χ1v) is 8.29. The molecule has 0 N–H and O–H groups in total. The summed E-state index contributed by atoms with van der Waals surface area (Å²) in [7, 11) is 1.70. The minimum atomic E-state index is -1.74. The van der Waals surface area contributed by atoms with E-state index >= 15 is 0 Å². The third kappa shape index (κ3) is 1.96. The highest BCUT2D eigenvalue weighted by molar-refractivity contribution is 5.48. The van der Waals surface area contributed by atoms with Gasteiger partial charge >= 0.3 is 5.72 Å². The minimum Gasteiger partial charge on any atom is -0.475 e. The number of ether oxygens (including phenoxy) is 3. The molecule has 8 heteroatoms. The van der Waals surface area contributed by atoms with Crippen molar-refractivity contribution in [2.75, 3.05) is 20.4 Å². The number of rotatable bonds is 2. The van der Waals surface area contributed by atoms with Crippen molar-refractivity contribution in [3.63, 3.8) is 0 Å². The highest BCUT2D eigenvalue weighted by Gasteiger charge is 2.68. The Hall–Kier alpha value is -2.84. The van der Waals surface area contributed by atoms with Gasteiger partial charge in [-0.3, -0.25) is 10.1 Å². The second-order valence-electron chi connectivity index (χ2n) is 6.61. The molecular weight excluding hydrogens is 340 g/mol. The van der Waals surface area contributed by atoms with Gasteiger partial charge in [-0.05, 0) is 18.2 Å². The molecule has 0 amide bonds. The molecule has 26 heavy (non-hydrogen) atoms. The summed E-state index contributed by atoms with van der Waals surface area (Å²) in [6, 6.07) is 12.6. The molecule has 0 aromatic heterocycles. The van der Waals surface area contributed by atoms with Gasteiger partial charge in [-0.25, -0.2) is 4.84 Å². The Morgan fingerprint density at radius 1 is 1.15 bits per heavy atom. The van der Waals surface area contributed by atoms with E-state index in [0.717, 1.165) is 5.56 Å². The number of benzene rings is 2. The van der Waals surface area contributed by atoms with Crippen LogP contribution in [0.2, 0.25) is 0 Å². The van der Waals surface area contributed by atoms with Crippen LogP contribution in [0.5, 0.6) is 17.2 Å². The van der Waals surface area contributed by atoms with Crippen LogP contribution in [0, 0.1) is 10.1 Å². The van der Waals surface area contributed by atoms with Crippen molar-refractivity contribution in [3.05, 3.63) is 63.7 Å². The number of para-hydroxylation sites is 1. The third-order valence-electron chi connectivity index (χ3n) is 5.14. The van der Waals surface area contributed by atoms with Gasteiger partial charge in [0.2, 0.25) is 12.9 Å². The lowest BCUT2D eigenvalue weighted by Gasteiger charge is -2.37. The van der Waals surface area contributed by atoms with E-state index in [9.17, 15) is 10.1 Å². The maximum Gasteiger partial charge on any atom is 0.389 e. The first kappa shape index (κ1) is 15.4. The zero-order valence-corrected chi connectivity index (χ0v) is 14.0. The van der Waals surface area contributed by atoms with Crippen LogP contribution in [0.4, 0.5) is 0 Å². The van der Waals surface area contributed by atoms with E-state index in [1.165, 1.54) is 5.06 Å². The van der Waals surface area contributed by atoms with Crippen LogP contribution in [0.3, 0.4) is 0 Å². The summed E-state index contributed by atoms with van der Waals surface area (Å²) in [4.78, 5) is 17.7. The Bertz CT molecular complexity index is 903. The van der Waals surface area contributed by atoms with Gasteiger partial charge in [0.1, 0.15) is 11.7 Å². The molecule has 3 heterocycles. The summed E-state index contributed by atoms with van der Waals surface area (Å²) in [6.45, 7) is 0.539. The summed E-state index contributed by atoms with van der Waals surface area (Å²) < 4.78 is 16.9. The lowest BCUT2D eigenvalue weighted by molar-refractivity contribution is -0.655. The van der Waals surface area contributed by atoms with E-state index in [1.807, 2.05) is 24.3 Å². The van der Waals surface area contributed by atoms with Crippen molar-refractivity contribution in [2.45, 2.75) is 17.7 Å². The molecule has 1 saturated heterocycles. The molecule has 3 aliphatic rings. The molecular formula is C18H16N2O6. The molecule has 0 saturated carbocycles. The standard InChI is InChI=1S/C18H16N2O6/c1-19-9-13-12-4-2-3-5-14(12)25-17(18(13,26-19)20(21)22)11-6-7-15-16(8-11)24-10-23-15/h2-8,13,17H,9-10H2,1H3. The average Bonchev–Trinajstić information content (AvgIpc) is 3.24. The highest BCUT2D eigenvalue weighted by Crippen LogP contribution is 2.54. The van der Waals surface area contributed by atoms with Crippen LogP contribution in [0.15, 0.2) is 42.5 Å². The molecule has 3 unspecified atom stereocenters. The van der Waals surface area contributed by atoms with Gasteiger partial charge in [-0.2, -0.15) is 5.06 Å². The second kappa shape index (κ2) is 5.33. The predicted octanol–water partition coefficient (Wildman–Crippen LogP) is 2.48. The number of fused-ring (bicyclic) bond motifs is 4. The van der Waals surface area contributed by atoms with E-state index in [-0.39, 0.29) is 11.7 Å². The number of hydrogen-bond donors (Lipinski definition) is 0. The van der Waals surface area contributed by atoms with Gasteiger partial charge in [0.05, 0.1) is 4.92 Å². The maximum atomic E-state index is 12.2. The number of hydrogen-bond acceptors (Lipinski definition) is 7. The number of likely N-dealkylation sites (N-methyl/N-ethyl adjacent to an activating group) is 1. The van der Waals surface area contributed by atoms with E-state index in [4.69, 9.17) is 19.0 Å². The van der Waals surface area contributed by atoms with Gasteiger partial charge < -0.3 is 14.2 Å². The van der Waals surface area contributed by atoms with Crippen LogP contribution in [0.25, 0.3) is 0 Å². The van der Waals surface area contributed by atoms with Crippen molar-refractivity contribution in [1.29, 1.82) is 0 Å². The van der Waals surface area contributed by atoms with Crippen LogP contribution < -0.4 is 14.2 Å². The van der Waals surface area contributed by atoms with Crippen molar-refractivity contribution in [2.24, 2.45) is 0 Å². The Balaban J connectivity index is 1.69. The molecule has 0 bridgehead atoms. The second-order valence-corrected chi connectivity index (χ2v) is 6.61. The molecule has 0 aliphatic carbocycles. The van der Waals surface area contributed by atoms with Crippen molar-refractivity contribution >= 4 is 0 Å². The van der Waals surface area contributed by atoms with E-state index in [0.29, 0.717) is 29.4 Å². The lowest BCUT2D eigenvalue weighted by Crippen LogP contribution is -2.53. The smallest absolute Gasteiger partial charge is 0.389 e. The minimum absolute atomic E-state index is 0.134. The topological polar surface area (TPSA) is 83.3 Å². The van der Waals surface area contributed by atoms with Gasteiger partial charge in [0.25, 0.3) is 0 Å². The zero-order chi connectivity index (χ0) is 17.9. The van der Waals surface area contributed by atoms with Crippen LogP contribution in [0.1, 0.15) is 23.1 Å². The Kier molecular flexibility index (Phi) is 3.16. The monoisotopic (exact) mass is 356 g/mol. The van der Waals surface area contributed by atoms with Gasteiger partial charge in [-0.1, -0.05) is 24.3 Å². The van der Waals surface area contributed by atoms with Gasteiger partial charge in [0.15, 0.2) is 11.5 Å². The summed E-state index contributed by atoms with van der Waals surface area (Å²) >= 11 is 0. The molecule has 1 fully saturated rings. The van der Waals surface area contributed by atoms with E-state index in [1.54, 1.807) is 25.2 Å². The quantitative estimate of drug-likeness (QED) is 0.604. The number of nitro groups is 1. The maximum absolute atomic E-state index is 12.2.